The van der Waals surface area contributed by atoms with Crippen LogP contribution in [0, 0.1) is 18.8 Å². The molecule has 6 atom stereocenters. The molecule has 0 saturated carbocycles. The van der Waals surface area contributed by atoms with E-state index in [2.05, 4.69) is 42.7 Å². The summed E-state index contributed by atoms with van der Waals surface area (Å²) in [6, 6.07) is 9.98. The van der Waals surface area contributed by atoms with Crippen LogP contribution in [0.25, 0.3) is 0 Å². The van der Waals surface area contributed by atoms with Crippen LogP contribution in [0.4, 0.5) is 0 Å². The molecule has 0 amide bonds. The Morgan fingerprint density at radius 1 is 1.24 bits per heavy atom. The van der Waals surface area contributed by atoms with Crippen LogP contribution in [0.1, 0.15) is 36.8 Å². The number of benzene rings is 1. The summed E-state index contributed by atoms with van der Waals surface area (Å²) in [6.07, 6.45) is 2.25. The molecule has 2 heteroatoms. The molecule has 6 unspecified atom stereocenters. The second-order valence-electron chi connectivity index (χ2n) is 7.21. The number of carbonyl (C=O) groups is 1. The molecule has 0 spiro atoms. The predicted molar refractivity (Wildman–Crippen MR) is 84.2 cm³/mol. The second kappa shape index (κ2) is 4.54. The Hall–Kier alpha value is -1.41. The molecular formula is C19H23NO. The van der Waals surface area contributed by atoms with Gasteiger partial charge in [-0.25, -0.2) is 0 Å². The molecule has 3 aliphatic heterocycles. The zero-order chi connectivity index (χ0) is 14.7. The molecule has 21 heavy (non-hydrogen) atoms. The lowest BCUT2D eigenvalue weighted by Crippen LogP contribution is -2.43. The summed E-state index contributed by atoms with van der Waals surface area (Å²) >= 11 is 0. The van der Waals surface area contributed by atoms with E-state index in [1.54, 1.807) is 6.92 Å². The Kier molecular flexibility index (Phi) is 2.87. The summed E-state index contributed by atoms with van der Waals surface area (Å²) < 4.78 is 0. The zero-order valence-corrected chi connectivity index (χ0v) is 12.9. The van der Waals surface area contributed by atoms with Gasteiger partial charge in [0.05, 0.1) is 0 Å². The topological polar surface area (TPSA) is 20.3 Å². The molecule has 3 fully saturated rings. The number of nitrogens with zero attached hydrogens (tertiary/aromatic N) is 1. The molecule has 0 radical (unpaired) electrons. The van der Waals surface area contributed by atoms with Crippen LogP contribution < -0.4 is 0 Å². The Morgan fingerprint density at radius 3 is 2.62 bits per heavy atom. The molecule has 0 N–H and O–H groups in total. The van der Waals surface area contributed by atoms with E-state index in [0.717, 1.165) is 13.0 Å². The van der Waals surface area contributed by atoms with Gasteiger partial charge in [-0.2, -0.15) is 0 Å². The van der Waals surface area contributed by atoms with Crippen molar-refractivity contribution < 1.29 is 4.79 Å². The highest BCUT2D eigenvalue weighted by Gasteiger charge is 2.57. The average molecular weight is 281 g/mol. The minimum absolute atomic E-state index is 0.231. The third-order valence-electron chi connectivity index (χ3n) is 6.00. The monoisotopic (exact) mass is 281 g/mol. The first-order valence-corrected chi connectivity index (χ1v) is 8.06. The van der Waals surface area contributed by atoms with Crippen LogP contribution in [0.15, 0.2) is 36.4 Å². The molecular weight excluding hydrogens is 258 g/mol. The fraction of sp³-hybridized carbons (Fsp3) is 0.526. The van der Waals surface area contributed by atoms with Crippen molar-refractivity contribution in [3.8, 4) is 0 Å². The summed E-state index contributed by atoms with van der Waals surface area (Å²) in [5.74, 6) is 1.63. The van der Waals surface area contributed by atoms with Gasteiger partial charge in [0, 0.05) is 30.5 Å². The normalized spacial score (nSPS) is 40.6. The molecule has 4 rings (SSSR count). The van der Waals surface area contributed by atoms with Gasteiger partial charge >= 0.3 is 0 Å². The zero-order valence-electron chi connectivity index (χ0n) is 12.9. The van der Waals surface area contributed by atoms with Gasteiger partial charge in [-0.15, -0.1) is 0 Å². The van der Waals surface area contributed by atoms with Crippen LogP contribution in [-0.2, 0) is 4.79 Å². The molecule has 0 aliphatic carbocycles. The first-order valence-electron chi connectivity index (χ1n) is 8.06. The van der Waals surface area contributed by atoms with Crippen molar-refractivity contribution in [2.75, 3.05) is 6.54 Å². The SMILES string of the molecule is C=C1CN2C3CC(C(C)=O)C2C1C(c1ccc(C)cc1)C3. The first kappa shape index (κ1) is 13.3. The van der Waals surface area contributed by atoms with Gasteiger partial charge in [-0.1, -0.05) is 42.0 Å². The van der Waals surface area contributed by atoms with Crippen LogP contribution in [0.5, 0.6) is 0 Å². The Morgan fingerprint density at radius 2 is 1.95 bits per heavy atom. The van der Waals surface area contributed by atoms with E-state index in [1.165, 1.54) is 23.1 Å². The van der Waals surface area contributed by atoms with E-state index in [9.17, 15) is 4.79 Å². The van der Waals surface area contributed by atoms with Crippen molar-refractivity contribution in [2.45, 2.75) is 44.7 Å². The summed E-state index contributed by atoms with van der Waals surface area (Å²) in [5, 5.41) is 0. The maximum Gasteiger partial charge on any atom is 0.134 e. The largest absolute Gasteiger partial charge is 0.300 e. The minimum Gasteiger partial charge on any atom is -0.300 e. The average Bonchev–Trinajstić information content (AvgIpc) is 2.83. The van der Waals surface area contributed by atoms with Crippen LogP contribution in [0.3, 0.4) is 0 Å². The molecule has 3 aliphatic rings. The maximum absolute atomic E-state index is 12.0. The number of hydrogen-bond donors (Lipinski definition) is 0. The lowest BCUT2D eigenvalue weighted by atomic mass is 9.74. The fourth-order valence-electron chi connectivity index (χ4n) is 5.07. The fourth-order valence-corrected chi connectivity index (χ4v) is 5.07. The van der Waals surface area contributed by atoms with E-state index >= 15 is 0 Å². The molecule has 3 saturated heterocycles. The third-order valence-corrected chi connectivity index (χ3v) is 6.00. The lowest BCUT2D eigenvalue weighted by Gasteiger charge is -2.38. The second-order valence-corrected chi connectivity index (χ2v) is 7.21. The molecule has 1 aromatic rings. The van der Waals surface area contributed by atoms with E-state index in [-0.39, 0.29) is 5.92 Å². The van der Waals surface area contributed by atoms with Crippen LogP contribution in [0.2, 0.25) is 0 Å². The van der Waals surface area contributed by atoms with Crippen molar-refractivity contribution in [1.29, 1.82) is 0 Å². The van der Waals surface area contributed by atoms with Gasteiger partial charge in [0.1, 0.15) is 5.78 Å². The number of hydrogen-bond acceptors (Lipinski definition) is 2. The molecule has 3 heterocycles. The number of ketones is 1. The number of aryl methyl sites for hydroxylation is 1. The predicted octanol–water partition coefficient (Wildman–Crippen LogP) is 3.32. The smallest absolute Gasteiger partial charge is 0.134 e. The minimum atomic E-state index is 0.231. The van der Waals surface area contributed by atoms with Crippen molar-refractivity contribution in [2.24, 2.45) is 11.8 Å². The summed E-state index contributed by atoms with van der Waals surface area (Å²) in [4.78, 5) is 14.6. The number of carbonyl (C=O) groups excluding carboxylic acids is 1. The third kappa shape index (κ3) is 1.85. The Balaban J connectivity index is 1.74. The van der Waals surface area contributed by atoms with Gasteiger partial charge in [0.15, 0.2) is 0 Å². The quantitative estimate of drug-likeness (QED) is 0.775. The highest BCUT2D eigenvalue weighted by molar-refractivity contribution is 5.80. The summed E-state index contributed by atoms with van der Waals surface area (Å²) in [5.41, 5.74) is 4.09. The van der Waals surface area contributed by atoms with Crippen LogP contribution >= 0.6 is 0 Å². The van der Waals surface area contributed by atoms with E-state index in [0.29, 0.717) is 29.7 Å². The van der Waals surface area contributed by atoms with E-state index < -0.39 is 0 Å². The summed E-state index contributed by atoms with van der Waals surface area (Å²) in [7, 11) is 0. The van der Waals surface area contributed by atoms with Gasteiger partial charge < -0.3 is 0 Å². The van der Waals surface area contributed by atoms with Crippen molar-refractivity contribution in [3.63, 3.8) is 0 Å². The summed E-state index contributed by atoms with van der Waals surface area (Å²) in [6.45, 7) is 9.26. The van der Waals surface area contributed by atoms with Crippen molar-refractivity contribution in [1.82, 2.24) is 4.90 Å². The van der Waals surface area contributed by atoms with Crippen molar-refractivity contribution in [3.05, 3.63) is 47.5 Å². The molecule has 2 nitrogen and oxygen atoms in total. The standard InChI is InChI=1S/C19H23NO/c1-11-4-6-14(7-5-11)17-9-15-8-16(13(3)21)19-18(17)12(2)10-20(15)19/h4-7,15-19H,2,8-10H2,1,3H3. The van der Waals surface area contributed by atoms with Gasteiger partial charge in [0.25, 0.3) is 0 Å². The first-order chi connectivity index (χ1) is 10.1. The maximum atomic E-state index is 12.0. The van der Waals surface area contributed by atoms with Crippen molar-refractivity contribution >= 4 is 5.78 Å². The van der Waals surface area contributed by atoms with E-state index in [1.807, 2.05) is 0 Å². The number of rotatable bonds is 2. The molecule has 110 valence electrons. The molecule has 4 bridgehead atoms. The molecule has 1 aromatic carbocycles. The van der Waals surface area contributed by atoms with E-state index in [4.69, 9.17) is 0 Å². The highest BCUT2D eigenvalue weighted by Crippen LogP contribution is 2.55. The number of Topliss-reactive ketones (excluding diaryl/α,β-unsaturated/α-hetero) is 1. The lowest BCUT2D eigenvalue weighted by molar-refractivity contribution is -0.121. The molecule has 0 aromatic heterocycles. The Bertz CT molecular complexity index is 602. The Labute approximate surface area is 126 Å². The van der Waals surface area contributed by atoms with Gasteiger partial charge in [-0.3, -0.25) is 9.69 Å². The van der Waals surface area contributed by atoms with Crippen LogP contribution in [-0.4, -0.2) is 29.3 Å². The highest BCUT2D eigenvalue weighted by atomic mass is 16.1. The number of piperidine rings is 1. The van der Waals surface area contributed by atoms with Gasteiger partial charge in [-0.05, 0) is 38.2 Å². The van der Waals surface area contributed by atoms with Gasteiger partial charge in [0.2, 0.25) is 0 Å².